The maximum absolute atomic E-state index is 2.89. The minimum absolute atomic E-state index is 0.323. The van der Waals surface area contributed by atoms with Crippen LogP contribution in [0.5, 0.6) is 0 Å². The van der Waals surface area contributed by atoms with Crippen molar-refractivity contribution >= 4 is 5.57 Å². The molecule has 29 heavy (non-hydrogen) atoms. The fraction of sp³-hybridized carbons (Fsp3) is 0.571. The van der Waals surface area contributed by atoms with E-state index >= 15 is 0 Å². The van der Waals surface area contributed by atoms with Gasteiger partial charge in [0.15, 0.2) is 0 Å². The Hall–Kier alpha value is -0.690. The first-order valence-electron chi connectivity index (χ1n) is 11.7. The van der Waals surface area contributed by atoms with Crippen molar-refractivity contribution in [1.29, 1.82) is 0 Å². The molecule has 0 spiro atoms. The van der Waals surface area contributed by atoms with Crippen LogP contribution in [0, 0.1) is 5.92 Å². The molecule has 0 heterocycles. The van der Waals surface area contributed by atoms with Crippen molar-refractivity contribution in [3.8, 4) is 0 Å². The summed E-state index contributed by atoms with van der Waals surface area (Å²) in [5, 5.41) is 0. The van der Waals surface area contributed by atoms with Crippen LogP contribution in [0.3, 0.4) is 0 Å². The van der Waals surface area contributed by atoms with E-state index in [9.17, 15) is 0 Å². The number of hydrogen-bond donors (Lipinski definition) is 0. The van der Waals surface area contributed by atoms with E-state index in [-0.39, 0.29) is 0 Å². The number of benzene rings is 1. The van der Waals surface area contributed by atoms with Crippen LogP contribution in [-0.2, 0) is 39.2 Å². The molecule has 1 aromatic carbocycles. The molecule has 0 radical (unpaired) electrons. The Kier molecular flexibility index (Phi) is 5.33. The van der Waals surface area contributed by atoms with Gasteiger partial charge in [0.2, 0.25) is 0 Å². The SMILES string of the molecule is CC1=C(C)[C](C)([Hf]([CH3])([CH3])[C]2=C(CC(C)C)c3c(ccc4c3CCC4)C2)C(C)=C1C. The zero-order valence-corrected chi connectivity index (χ0v) is 23.9. The summed E-state index contributed by atoms with van der Waals surface area (Å²) >= 11 is -2.89. The van der Waals surface area contributed by atoms with Crippen LogP contribution in [0.25, 0.3) is 5.57 Å². The van der Waals surface area contributed by atoms with Crippen molar-refractivity contribution in [2.45, 2.75) is 93.1 Å². The molecule has 3 aliphatic carbocycles. The molecule has 0 bridgehead atoms. The van der Waals surface area contributed by atoms with E-state index < -0.39 is 20.0 Å². The van der Waals surface area contributed by atoms with Gasteiger partial charge in [-0.2, -0.15) is 0 Å². The van der Waals surface area contributed by atoms with Crippen LogP contribution >= 0.6 is 0 Å². The van der Waals surface area contributed by atoms with Crippen molar-refractivity contribution in [2.24, 2.45) is 5.92 Å². The predicted molar refractivity (Wildman–Crippen MR) is 125 cm³/mol. The standard InChI is InChI=1S/C16H19.C10H15.2CH3.Hf/c1-11(2)10-14-9-8-13-7-6-12-4-3-5-15(12)16(13)14;1-6-7(2)9(4)10(5)8(6)3;;;/h6-7,11H,3-5,8,10H2,1-2H3;1-5H3;2*1H3;. The summed E-state index contributed by atoms with van der Waals surface area (Å²) in [7, 11) is 0. The molecule has 0 aliphatic heterocycles. The molecule has 0 fully saturated rings. The number of hydrogen-bond acceptors (Lipinski definition) is 0. The topological polar surface area (TPSA) is 0 Å². The minimum atomic E-state index is -2.89. The molecule has 0 unspecified atom stereocenters. The van der Waals surface area contributed by atoms with Crippen molar-refractivity contribution in [2.75, 3.05) is 0 Å². The molecule has 0 saturated heterocycles. The zero-order chi connectivity index (χ0) is 21.3. The molecule has 1 heteroatoms. The Bertz CT molecular complexity index is 954. The van der Waals surface area contributed by atoms with E-state index in [1.807, 2.05) is 3.33 Å². The predicted octanol–water partition coefficient (Wildman–Crippen LogP) is 8.60. The van der Waals surface area contributed by atoms with Gasteiger partial charge in [0.25, 0.3) is 0 Å². The molecular formula is C28H40Hf. The Morgan fingerprint density at radius 3 is 2.10 bits per heavy atom. The van der Waals surface area contributed by atoms with Gasteiger partial charge in [-0.3, -0.25) is 0 Å². The number of aryl methyl sites for hydroxylation is 1. The quantitative estimate of drug-likeness (QED) is 0.327. The van der Waals surface area contributed by atoms with Crippen LogP contribution in [0.1, 0.15) is 83.6 Å². The zero-order valence-electron chi connectivity index (χ0n) is 20.3. The first-order valence-corrected chi connectivity index (χ1v) is 22.5. The fourth-order valence-electron chi connectivity index (χ4n) is 6.75. The molecule has 156 valence electrons. The van der Waals surface area contributed by atoms with Gasteiger partial charge in [-0.1, -0.05) is 0 Å². The summed E-state index contributed by atoms with van der Waals surface area (Å²) in [5.41, 5.74) is 15.0. The molecule has 0 saturated carbocycles. The monoisotopic (exact) mass is 556 g/mol. The van der Waals surface area contributed by atoms with Gasteiger partial charge in [-0.05, 0) is 0 Å². The van der Waals surface area contributed by atoms with Crippen LogP contribution < -0.4 is 0 Å². The molecule has 0 aromatic heterocycles. The van der Waals surface area contributed by atoms with Crippen LogP contribution in [0.15, 0.2) is 37.8 Å². The van der Waals surface area contributed by atoms with Crippen LogP contribution in [0.2, 0.25) is 12.5 Å². The van der Waals surface area contributed by atoms with Crippen LogP contribution in [-0.4, -0.2) is 0 Å². The van der Waals surface area contributed by atoms with E-state index in [1.165, 1.54) is 32.1 Å². The Morgan fingerprint density at radius 2 is 1.52 bits per heavy atom. The average Bonchev–Trinajstić information content (AvgIpc) is 3.31. The van der Waals surface area contributed by atoms with Crippen molar-refractivity contribution < 1.29 is 20.0 Å². The van der Waals surface area contributed by atoms with E-state index in [1.54, 1.807) is 50.1 Å². The van der Waals surface area contributed by atoms with Gasteiger partial charge in [0, 0.05) is 0 Å². The second kappa shape index (κ2) is 7.18. The first-order chi connectivity index (χ1) is 13.5. The fourth-order valence-corrected chi connectivity index (χ4v) is 22.8. The number of rotatable bonds is 4. The average molecular weight is 555 g/mol. The molecule has 3 aliphatic rings. The van der Waals surface area contributed by atoms with Gasteiger partial charge in [0.05, 0.1) is 0 Å². The van der Waals surface area contributed by atoms with E-state index in [0.29, 0.717) is 3.17 Å². The number of fused-ring (bicyclic) bond motifs is 3. The van der Waals surface area contributed by atoms with E-state index in [0.717, 1.165) is 5.92 Å². The van der Waals surface area contributed by atoms with Crippen molar-refractivity contribution in [3.05, 3.63) is 60.0 Å². The summed E-state index contributed by atoms with van der Waals surface area (Å²) in [6, 6.07) is 4.96. The molecule has 0 atom stereocenters. The van der Waals surface area contributed by atoms with Crippen molar-refractivity contribution in [1.82, 2.24) is 0 Å². The third-order valence-corrected chi connectivity index (χ3v) is 28.0. The van der Waals surface area contributed by atoms with Gasteiger partial charge in [-0.25, -0.2) is 0 Å². The summed E-state index contributed by atoms with van der Waals surface area (Å²) in [6.45, 7) is 17.1. The second-order valence-corrected chi connectivity index (χ2v) is 28.5. The Morgan fingerprint density at radius 1 is 0.931 bits per heavy atom. The summed E-state index contributed by atoms with van der Waals surface area (Å²) < 4.78 is 7.77. The van der Waals surface area contributed by atoms with E-state index in [2.05, 4.69) is 70.0 Å². The normalized spacial score (nSPS) is 21.0. The van der Waals surface area contributed by atoms with Gasteiger partial charge >= 0.3 is 185 Å². The molecule has 0 nitrogen and oxygen atoms in total. The van der Waals surface area contributed by atoms with Crippen molar-refractivity contribution in [3.63, 3.8) is 0 Å². The van der Waals surface area contributed by atoms with Gasteiger partial charge in [0.1, 0.15) is 0 Å². The van der Waals surface area contributed by atoms with Gasteiger partial charge < -0.3 is 0 Å². The Balaban J connectivity index is 1.94. The third-order valence-electron chi connectivity index (χ3n) is 9.21. The summed E-state index contributed by atoms with van der Waals surface area (Å²) in [4.78, 5) is 0. The van der Waals surface area contributed by atoms with Gasteiger partial charge in [-0.15, -0.1) is 0 Å². The molecule has 0 N–H and O–H groups in total. The van der Waals surface area contributed by atoms with Crippen LogP contribution in [0.4, 0.5) is 0 Å². The maximum atomic E-state index is 2.76. The first kappa shape index (κ1) is 21.5. The molecule has 0 amide bonds. The summed E-state index contributed by atoms with van der Waals surface area (Å²) in [5.74, 6) is 0.723. The second-order valence-electron chi connectivity index (χ2n) is 11.1. The van der Waals surface area contributed by atoms with E-state index in [4.69, 9.17) is 0 Å². The number of allylic oxidation sites excluding steroid dienone is 6. The molecular weight excluding hydrogens is 515 g/mol. The molecule has 1 aromatic rings. The molecule has 4 rings (SSSR count). The Labute approximate surface area is 183 Å². The summed E-state index contributed by atoms with van der Waals surface area (Å²) in [6.07, 6.45) is 6.46. The third kappa shape index (κ3) is 2.93.